The zero-order valence-corrected chi connectivity index (χ0v) is 14.1. The third-order valence-corrected chi connectivity index (χ3v) is 3.79. The average Bonchev–Trinajstić information content (AvgIpc) is 2.47. The van der Waals surface area contributed by atoms with Crippen LogP contribution in [0.4, 0.5) is 5.69 Å². The molecule has 0 amide bonds. The van der Waals surface area contributed by atoms with Crippen molar-refractivity contribution in [2.45, 2.75) is 6.10 Å². The average molecular weight is 391 g/mol. The van der Waals surface area contributed by atoms with Crippen LogP contribution >= 0.6 is 39.1 Å². The number of rotatable bonds is 6. The Bertz CT molecular complexity index is 593. The SMILES string of the molecule is OC(CNc1ccc(Br)cc1)COc1cc(Cl)ccc1Cl. The molecule has 0 aromatic heterocycles. The van der Waals surface area contributed by atoms with Crippen LogP contribution in [-0.2, 0) is 0 Å². The second-order valence-corrected chi connectivity index (χ2v) is 6.19. The van der Waals surface area contributed by atoms with E-state index in [0.29, 0.717) is 22.3 Å². The highest BCUT2D eigenvalue weighted by Crippen LogP contribution is 2.27. The second kappa shape index (κ2) is 7.90. The molecule has 6 heteroatoms. The van der Waals surface area contributed by atoms with Crippen molar-refractivity contribution in [2.24, 2.45) is 0 Å². The summed E-state index contributed by atoms with van der Waals surface area (Å²) in [6, 6.07) is 12.7. The number of benzene rings is 2. The molecule has 1 atom stereocenters. The first-order valence-corrected chi connectivity index (χ1v) is 7.85. The molecule has 112 valence electrons. The summed E-state index contributed by atoms with van der Waals surface area (Å²) in [6.07, 6.45) is -0.663. The van der Waals surface area contributed by atoms with Gasteiger partial charge in [-0.2, -0.15) is 0 Å². The first kappa shape index (κ1) is 16.4. The first-order valence-electron chi connectivity index (χ1n) is 6.30. The Morgan fingerprint density at radius 2 is 1.86 bits per heavy atom. The molecule has 2 aromatic carbocycles. The van der Waals surface area contributed by atoms with Crippen molar-refractivity contribution in [1.29, 1.82) is 0 Å². The van der Waals surface area contributed by atoms with E-state index in [0.717, 1.165) is 10.2 Å². The monoisotopic (exact) mass is 389 g/mol. The Morgan fingerprint density at radius 3 is 2.57 bits per heavy atom. The Morgan fingerprint density at radius 1 is 1.14 bits per heavy atom. The zero-order chi connectivity index (χ0) is 15.2. The fourth-order valence-electron chi connectivity index (χ4n) is 1.64. The highest BCUT2D eigenvalue weighted by molar-refractivity contribution is 9.10. The summed E-state index contributed by atoms with van der Waals surface area (Å²) in [5, 5.41) is 14.0. The molecule has 0 spiro atoms. The second-order valence-electron chi connectivity index (χ2n) is 4.43. The van der Waals surface area contributed by atoms with Crippen molar-refractivity contribution in [3.63, 3.8) is 0 Å². The van der Waals surface area contributed by atoms with Gasteiger partial charge in [0, 0.05) is 27.8 Å². The molecule has 0 aliphatic heterocycles. The first-order chi connectivity index (χ1) is 10.0. The summed E-state index contributed by atoms with van der Waals surface area (Å²) in [5.74, 6) is 0.465. The summed E-state index contributed by atoms with van der Waals surface area (Å²) < 4.78 is 6.48. The van der Waals surface area contributed by atoms with Crippen molar-refractivity contribution in [3.05, 3.63) is 57.0 Å². The van der Waals surface area contributed by atoms with Gasteiger partial charge in [-0.25, -0.2) is 0 Å². The molecule has 2 aromatic rings. The zero-order valence-electron chi connectivity index (χ0n) is 11.0. The molecular weight excluding hydrogens is 377 g/mol. The van der Waals surface area contributed by atoms with Crippen LogP contribution in [-0.4, -0.2) is 24.4 Å². The fourth-order valence-corrected chi connectivity index (χ4v) is 2.23. The third-order valence-electron chi connectivity index (χ3n) is 2.71. The van der Waals surface area contributed by atoms with Gasteiger partial charge in [-0.15, -0.1) is 0 Å². The molecule has 0 saturated carbocycles. The molecule has 0 bridgehead atoms. The lowest BCUT2D eigenvalue weighted by atomic mass is 10.3. The van der Waals surface area contributed by atoms with Gasteiger partial charge in [-0.1, -0.05) is 39.1 Å². The number of hydrogen-bond acceptors (Lipinski definition) is 3. The summed E-state index contributed by atoms with van der Waals surface area (Å²) >= 11 is 15.2. The van der Waals surface area contributed by atoms with E-state index in [-0.39, 0.29) is 6.61 Å². The highest BCUT2D eigenvalue weighted by Gasteiger charge is 2.08. The largest absolute Gasteiger partial charge is 0.489 e. The van der Waals surface area contributed by atoms with E-state index in [1.54, 1.807) is 18.2 Å². The van der Waals surface area contributed by atoms with Gasteiger partial charge in [0.15, 0.2) is 0 Å². The van der Waals surface area contributed by atoms with E-state index >= 15 is 0 Å². The summed E-state index contributed by atoms with van der Waals surface area (Å²) in [4.78, 5) is 0. The van der Waals surface area contributed by atoms with Crippen molar-refractivity contribution in [3.8, 4) is 5.75 Å². The van der Waals surface area contributed by atoms with Gasteiger partial charge in [-0.3, -0.25) is 0 Å². The maximum absolute atomic E-state index is 9.91. The van der Waals surface area contributed by atoms with Crippen molar-refractivity contribution in [2.75, 3.05) is 18.5 Å². The van der Waals surface area contributed by atoms with E-state index in [1.807, 2.05) is 24.3 Å². The Hall–Kier alpha value is -0.940. The minimum absolute atomic E-state index is 0.129. The van der Waals surface area contributed by atoms with Crippen molar-refractivity contribution >= 4 is 44.8 Å². The molecule has 2 N–H and O–H groups in total. The number of aliphatic hydroxyl groups excluding tert-OH is 1. The van der Waals surface area contributed by atoms with E-state index in [2.05, 4.69) is 21.2 Å². The normalized spacial score (nSPS) is 12.0. The lowest BCUT2D eigenvalue weighted by molar-refractivity contribution is 0.117. The minimum Gasteiger partial charge on any atom is -0.489 e. The topological polar surface area (TPSA) is 41.5 Å². The maximum Gasteiger partial charge on any atom is 0.139 e. The van der Waals surface area contributed by atoms with Crippen LogP contribution in [0.5, 0.6) is 5.75 Å². The maximum atomic E-state index is 9.91. The number of ether oxygens (including phenoxy) is 1. The van der Waals surface area contributed by atoms with Crippen molar-refractivity contribution in [1.82, 2.24) is 0 Å². The van der Waals surface area contributed by atoms with E-state index in [4.69, 9.17) is 27.9 Å². The Kier molecular flexibility index (Phi) is 6.18. The summed E-state index contributed by atoms with van der Waals surface area (Å²) in [7, 11) is 0. The standard InChI is InChI=1S/C15H14BrCl2NO2/c16-10-1-4-12(5-2-10)19-8-13(20)9-21-15-7-11(17)3-6-14(15)18/h1-7,13,19-20H,8-9H2. The van der Waals surface area contributed by atoms with Gasteiger partial charge >= 0.3 is 0 Å². The van der Waals surface area contributed by atoms with Crippen LogP contribution in [0.3, 0.4) is 0 Å². The fraction of sp³-hybridized carbons (Fsp3) is 0.200. The van der Waals surface area contributed by atoms with Crippen LogP contribution in [0.25, 0.3) is 0 Å². The Balaban J connectivity index is 1.80. The predicted molar refractivity (Wildman–Crippen MR) is 90.6 cm³/mol. The Labute approximate surface area is 142 Å². The van der Waals surface area contributed by atoms with Crippen LogP contribution in [0.15, 0.2) is 46.9 Å². The molecule has 0 aliphatic carbocycles. The molecule has 0 fully saturated rings. The molecule has 0 aliphatic rings. The summed E-state index contributed by atoms with van der Waals surface area (Å²) in [6.45, 7) is 0.503. The number of aliphatic hydroxyl groups is 1. The van der Waals surface area contributed by atoms with Crippen molar-refractivity contribution < 1.29 is 9.84 Å². The molecular formula is C15H14BrCl2NO2. The molecule has 3 nitrogen and oxygen atoms in total. The van der Waals surface area contributed by atoms with E-state index in [1.165, 1.54) is 0 Å². The quantitative estimate of drug-likeness (QED) is 0.756. The molecule has 2 rings (SSSR count). The molecule has 0 heterocycles. The van der Waals surface area contributed by atoms with Gasteiger partial charge in [0.2, 0.25) is 0 Å². The number of halogens is 3. The molecule has 0 radical (unpaired) electrons. The van der Waals surface area contributed by atoms with Gasteiger partial charge < -0.3 is 15.2 Å². The number of anilines is 1. The third kappa shape index (κ3) is 5.40. The van der Waals surface area contributed by atoms with Gasteiger partial charge in [0.25, 0.3) is 0 Å². The minimum atomic E-state index is -0.663. The van der Waals surface area contributed by atoms with Crippen LogP contribution in [0.2, 0.25) is 10.0 Å². The smallest absolute Gasteiger partial charge is 0.139 e. The van der Waals surface area contributed by atoms with E-state index in [9.17, 15) is 5.11 Å². The summed E-state index contributed by atoms with van der Waals surface area (Å²) in [5.41, 5.74) is 0.929. The highest BCUT2D eigenvalue weighted by atomic mass is 79.9. The van der Waals surface area contributed by atoms with Gasteiger partial charge in [-0.05, 0) is 36.4 Å². The van der Waals surface area contributed by atoms with Gasteiger partial charge in [0.1, 0.15) is 18.5 Å². The lowest BCUT2D eigenvalue weighted by Crippen LogP contribution is -2.26. The van der Waals surface area contributed by atoms with Crippen LogP contribution in [0.1, 0.15) is 0 Å². The molecule has 21 heavy (non-hydrogen) atoms. The molecule has 1 unspecified atom stereocenters. The van der Waals surface area contributed by atoms with E-state index < -0.39 is 6.10 Å². The predicted octanol–water partition coefficient (Wildman–Crippen LogP) is 4.61. The molecule has 0 saturated heterocycles. The van der Waals surface area contributed by atoms with Crippen LogP contribution in [0, 0.1) is 0 Å². The van der Waals surface area contributed by atoms with Gasteiger partial charge in [0.05, 0.1) is 5.02 Å². The number of hydrogen-bond donors (Lipinski definition) is 2. The van der Waals surface area contributed by atoms with Crippen LogP contribution < -0.4 is 10.1 Å². The lowest BCUT2D eigenvalue weighted by Gasteiger charge is -2.15. The number of nitrogens with one attached hydrogen (secondary N) is 1.